The maximum Gasteiger partial charge on any atom is 0.261 e. The number of para-hydroxylation sites is 1. The van der Waals surface area contributed by atoms with Gasteiger partial charge in [0.15, 0.2) is 6.61 Å². The van der Waals surface area contributed by atoms with Gasteiger partial charge in [-0.25, -0.2) is 0 Å². The Morgan fingerprint density at radius 3 is 2.47 bits per heavy atom. The molecule has 0 spiro atoms. The lowest BCUT2D eigenvalue weighted by atomic mass is 9.95. The number of ether oxygens (including phenoxy) is 2. The van der Waals surface area contributed by atoms with Crippen molar-refractivity contribution in [2.45, 2.75) is 77.4 Å². The zero-order valence-electron chi connectivity index (χ0n) is 20.9. The minimum Gasteiger partial charge on any atom is -0.497 e. The number of carbonyl (C=O) groups excluding carboxylic acids is 2. The zero-order chi connectivity index (χ0) is 24.5. The van der Waals surface area contributed by atoms with E-state index < -0.39 is 6.04 Å². The second-order valence-corrected chi connectivity index (χ2v) is 9.37. The summed E-state index contributed by atoms with van der Waals surface area (Å²) >= 11 is 0. The Hall–Kier alpha value is -3.02. The fraction of sp³-hybridized carbons (Fsp3) is 0.500. The number of carbonyl (C=O) groups is 2. The Morgan fingerprint density at radius 2 is 1.76 bits per heavy atom. The molecule has 0 saturated heterocycles. The summed E-state index contributed by atoms with van der Waals surface area (Å²) in [5.41, 5.74) is 1.95. The number of nitrogens with one attached hydrogen (secondary N) is 1. The van der Waals surface area contributed by atoms with E-state index in [2.05, 4.69) is 19.2 Å². The monoisotopic (exact) mass is 466 g/mol. The zero-order valence-corrected chi connectivity index (χ0v) is 20.9. The van der Waals surface area contributed by atoms with Crippen molar-refractivity contribution in [3.63, 3.8) is 0 Å². The average molecular weight is 467 g/mol. The SMILES string of the molecule is COc1cccc(CN(C(=O)COc2ccccc2C(C)C)C(C)C(=O)NC2CCCCC2)c1. The highest BCUT2D eigenvalue weighted by Crippen LogP contribution is 2.26. The van der Waals surface area contributed by atoms with E-state index in [-0.39, 0.29) is 30.4 Å². The molecule has 1 atom stereocenters. The van der Waals surface area contributed by atoms with Crippen LogP contribution in [0.4, 0.5) is 0 Å². The van der Waals surface area contributed by atoms with Crippen LogP contribution in [0.1, 0.15) is 69.9 Å². The van der Waals surface area contributed by atoms with E-state index in [1.54, 1.807) is 18.9 Å². The molecule has 0 aliphatic heterocycles. The Balaban J connectivity index is 1.75. The molecule has 34 heavy (non-hydrogen) atoms. The quantitative estimate of drug-likeness (QED) is 0.531. The molecule has 1 N–H and O–H groups in total. The van der Waals surface area contributed by atoms with Gasteiger partial charge in [-0.15, -0.1) is 0 Å². The summed E-state index contributed by atoms with van der Waals surface area (Å²) in [7, 11) is 1.61. The molecule has 0 radical (unpaired) electrons. The molecule has 1 saturated carbocycles. The molecule has 184 valence electrons. The standard InChI is InChI=1S/C28H38N2O4/c1-20(2)25-15-8-9-16-26(25)34-19-27(31)30(18-22-11-10-14-24(17-22)33-4)21(3)28(32)29-23-12-6-5-7-13-23/h8-11,14-17,20-21,23H,5-7,12-13,18-19H2,1-4H3,(H,29,32). The lowest BCUT2D eigenvalue weighted by molar-refractivity contribution is -0.142. The molecule has 1 aliphatic rings. The topological polar surface area (TPSA) is 67.9 Å². The molecule has 2 aromatic rings. The first kappa shape index (κ1) is 25.6. The first-order valence-electron chi connectivity index (χ1n) is 12.3. The van der Waals surface area contributed by atoms with Crippen molar-refractivity contribution in [2.75, 3.05) is 13.7 Å². The van der Waals surface area contributed by atoms with Crippen molar-refractivity contribution in [3.8, 4) is 11.5 Å². The van der Waals surface area contributed by atoms with Crippen molar-refractivity contribution in [1.29, 1.82) is 0 Å². The largest absolute Gasteiger partial charge is 0.497 e. The number of amides is 2. The van der Waals surface area contributed by atoms with E-state index in [0.717, 1.165) is 36.8 Å². The van der Waals surface area contributed by atoms with Crippen LogP contribution in [0, 0.1) is 0 Å². The molecular formula is C28H38N2O4. The number of benzene rings is 2. The molecule has 2 amide bonds. The van der Waals surface area contributed by atoms with E-state index in [4.69, 9.17) is 9.47 Å². The number of hydrogen-bond donors (Lipinski definition) is 1. The smallest absolute Gasteiger partial charge is 0.261 e. The number of nitrogens with zero attached hydrogens (tertiary/aromatic N) is 1. The first-order chi connectivity index (χ1) is 16.4. The van der Waals surface area contributed by atoms with E-state index in [9.17, 15) is 9.59 Å². The summed E-state index contributed by atoms with van der Waals surface area (Å²) in [5, 5.41) is 3.16. The highest BCUT2D eigenvalue weighted by Gasteiger charge is 2.28. The van der Waals surface area contributed by atoms with Crippen LogP contribution in [-0.4, -0.2) is 42.5 Å². The van der Waals surface area contributed by atoms with E-state index in [1.807, 2.05) is 48.5 Å². The maximum absolute atomic E-state index is 13.4. The van der Waals surface area contributed by atoms with Gasteiger partial charge in [-0.05, 0) is 55.0 Å². The van der Waals surface area contributed by atoms with E-state index in [0.29, 0.717) is 18.0 Å². The molecular weight excluding hydrogens is 428 g/mol. The Morgan fingerprint density at radius 1 is 1.03 bits per heavy atom. The summed E-state index contributed by atoms with van der Waals surface area (Å²) in [6.45, 7) is 6.14. The molecule has 0 heterocycles. The van der Waals surface area contributed by atoms with Crippen LogP contribution >= 0.6 is 0 Å². The van der Waals surface area contributed by atoms with E-state index in [1.165, 1.54) is 6.42 Å². The van der Waals surface area contributed by atoms with Crippen molar-refractivity contribution in [2.24, 2.45) is 0 Å². The highest BCUT2D eigenvalue weighted by atomic mass is 16.5. The van der Waals surface area contributed by atoms with Crippen LogP contribution in [0.15, 0.2) is 48.5 Å². The molecule has 1 aliphatic carbocycles. The molecule has 2 aromatic carbocycles. The molecule has 6 heteroatoms. The fourth-order valence-corrected chi connectivity index (χ4v) is 4.43. The van der Waals surface area contributed by atoms with Crippen LogP contribution in [-0.2, 0) is 16.1 Å². The number of rotatable bonds is 10. The summed E-state index contributed by atoms with van der Waals surface area (Å²) in [4.78, 5) is 28.1. The minimum atomic E-state index is -0.621. The predicted octanol–water partition coefficient (Wildman–Crippen LogP) is 5.06. The van der Waals surface area contributed by atoms with Crippen LogP contribution in [0.2, 0.25) is 0 Å². The van der Waals surface area contributed by atoms with E-state index >= 15 is 0 Å². The molecule has 1 unspecified atom stereocenters. The summed E-state index contributed by atoms with van der Waals surface area (Å²) in [6, 6.07) is 14.9. The normalized spacial score (nSPS) is 15.0. The predicted molar refractivity (Wildman–Crippen MR) is 134 cm³/mol. The van der Waals surface area contributed by atoms with Gasteiger partial charge in [0.05, 0.1) is 7.11 Å². The van der Waals surface area contributed by atoms with Crippen molar-refractivity contribution in [1.82, 2.24) is 10.2 Å². The minimum absolute atomic E-state index is 0.120. The highest BCUT2D eigenvalue weighted by molar-refractivity contribution is 5.88. The molecule has 0 aromatic heterocycles. The number of methoxy groups -OCH3 is 1. The second kappa shape index (κ2) is 12.4. The van der Waals surface area contributed by atoms with Crippen molar-refractivity contribution >= 4 is 11.8 Å². The van der Waals surface area contributed by atoms with Gasteiger partial charge in [-0.1, -0.05) is 63.4 Å². The van der Waals surface area contributed by atoms with Gasteiger partial charge in [0.25, 0.3) is 5.91 Å². The van der Waals surface area contributed by atoms with Crippen LogP contribution < -0.4 is 14.8 Å². The Kier molecular flexibility index (Phi) is 9.37. The fourth-order valence-electron chi connectivity index (χ4n) is 4.43. The van der Waals surface area contributed by atoms with Gasteiger partial charge in [-0.2, -0.15) is 0 Å². The van der Waals surface area contributed by atoms with Crippen LogP contribution in [0.5, 0.6) is 11.5 Å². The first-order valence-corrected chi connectivity index (χ1v) is 12.3. The summed E-state index contributed by atoms with van der Waals surface area (Å²) in [5.74, 6) is 1.34. The van der Waals surface area contributed by atoms with Gasteiger partial charge >= 0.3 is 0 Å². The maximum atomic E-state index is 13.4. The van der Waals surface area contributed by atoms with Gasteiger partial charge in [0, 0.05) is 12.6 Å². The van der Waals surface area contributed by atoms with Crippen LogP contribution in [0.25, 0.3) is 0 Å². The third-order valence-electron chi connectivity index (χ3n) is 6.50. The van der Waals surface area contributed by atoms with Gasteiger partial charge in [-0.3, -0.25) is 9.59 Å². The van der Waals surface area contributed by atoms with Gasteiger partial charge in [0.1, 0.15) is 17.5 Å². The molecule has 3 rings (SSSR count). The van der Waals surface area contributed by atoms with Gasteiger partial charge < -0.3 is 19.7 Å². The molecule has 1 fully saturated rings. The summed E-state index contributed by atoms with van der Waals surface area (Å²) < 4.78 is 11.3. The van der Waals surface area contributed by atoms with Crippen LogP contribution in [0.3, 0.4) is 0 Å². The van der Waals surface area contributed by atoms with Crippen molar-refractivity contribution in [3.05, 3.63) is 59.7 Å². The summed E-state index contributed by atoms with van der Waals surface area (Å²) in [6.07, 6.45) is 5.48. The van der Waals surface area contributed by atoms with Gasteiger partial charge in [0.2, 0.25) is 5.91 Å². The lowest BCUT2D eigenvalue weighted by Gasteiger charge is -2.31. The third kappa shape index (κ3) is 6.99. The third-order valence-corrected chi connectivity index (χ3v) is 6.50. The molecule has 6 nitrogen and oxygen atoms in total. The Bertz CT molecular complexity index is 953. The second-order valence-electron chi connectivity index (χ2n) is 9.37. The van der Waals surface area contributed by atoms with Crippen molar-refractivity contribution < 1.29 is 19.1 Å². The average Bonchev–Trinajstić information content (AvgIpc) is 2.86. The molecule has 0 bridgehead atoms. The lowest BCUT2D eigenvalue weighted by Crippen LogP contribution is -2.51. The Labute approximate surface area is 203 Å². The number of hydrogen-bond acceptors (Lipinski definition) is 4.